The second-order valence-corrected chi connectivity index (χ2v) is 16.5. The first-order valence-corrected chi connectivity index (χ1v) is 22.1. The van der Waals surface area contributed by atoms with E-state index in [1.165, 1.54) is 66.3 Å². The Labute approximate surface area is 375 Å². The van der Waals surface area contributed by atoms with Crippen molar-refractivity contribution in [1.82, 2.24) is 4.57 Å². The molecule has 3 aliphatic rings. The van der Waals surface area contributed by atoms with Crippen LogP contribution in [0.3, 0.4) is 0 Å². The normalized spacial score (nSPS) is 20.2. The molecule has 0 aliphatic heterocycles. The Bertz CT molecular complexity index is 3240. The second-order valence-electron chi connectivity index (χ2n) is 16.5. The van der Waals surface area contributed by atoms with Gasteiger partial charge >= 0.3 is 0 Å². The minimum Gasteiger partial charge on any atom is -0.311 e. The lowest BCUT2D eigenvalue weighted by molar-refractivity contribution is 0.759. The molecule has 0 radical (unpaired) electrons. The van der Waals surface area contributed by atoms with E-state index in [0.29, 0.717) is 0 Å². The molecule has 0 saturated heterocycles. The van der Waals surface area contributed by atoms with E-state index in [0.717, 1.165) is 34.8 Å². The van der Waals surface area contributed by atoms with Crippen LogP contribution in [-0.2, 0) is 5.41 Å². The number of anilines is 2. The summed E-state index contributed by atoms with van der Waals surface area (Å²) in [5, 5.41) is 2.50. The van der Waals surface area contributed by atoms with E-state index in [1.807, 2.05) is 0 Å². The number of rotatable bonds is 5. The minimum absolute atomic E-state index is 0.598. The van der Waals surface area contributed by atoms with Crippen molar-refractivity contribution in [2.24, 2.45) is 0 Å². The fourth-order valence-corrected chi connectivity index (χ4v) is 10.1. The van der Waals surface area contributed by atoms with Crippen molar-refractivity contribution >= 4 is 33.2 Å². The summed E-state index contributed by atoms with van der Waals surface area (Å²) in [5.41, 5.74) is 16.9. The second kappa shape index (κ2) is 16.6. The molecule has 7 aromatic carbocycles. The molecule has 2 heteroatoms. The fourth-order valence-electron chi connectivity index (χ4n) is 10.1. The lowest BCUT2D eigenvalue weighted by atomic mass is 9.65. The summed E-state index contributed by atoms with van der Waals surface area (Å²) >= 11 is 0. The van der Waals surface area contributed by atoms with Gasteiger partial charge in [-0.05, 0) is 117 Å². The van der Waals surface area contributed by atoms with Crippen molar-refractivity contribution in [2.45, 2.75) is 11.8 Å². The molecule has 8 aromatic rings. The average molecular weight is 819 g/mol. The zero-order valence-corrected chi connectivity index (χ0v) is 35.6. The molecule has 1 spiro atoms. The quantitative estimate of drug-likeness (QED) is 0.168. The minimum atomic E-state index is -0.598. The van der Waals surface area contributed by atoms with Crippen LogP contribution in [0.4, 0.5) is 11.4 Å². The number of benzene rings is 7. The van der Waals surface area contributed by atoms with Crippen LogP contribution >= 0.6 is 0 Å². The molecular formula is C62H46N2. The lowest BCUT2D eigenvalue weighted by Crippen LogP contribution is -2.30. The Hall–Kier alpha value is -8.20. The summed E-state index contributed by atoms with van der Waals surface area (Å²) in [6.45, 7) is 4.86. The molecule has 3 aliphatic carbocycles. The highest BCUT2D eigenvalue weighted by molar-refractivity contribution is 6.09. The predicted octanol–water partition coefficient (Wildman–Crippen LogP) is 16.0. The summed E-state index contributed by atoms with van der Waals surface area (Å²) in [7, 11) is 0. The van der Waals surface area contributed by atoms with E-state index in [9.17, 15) is 0 Å². The van der Waals surface area contributed by atoms with Gasteiger partial charge in [0.1, 0.15) is 0 Å². The van der Waals surface area contributed by atoms with Crippen LogP contribution in [0.1, 0.15) is 17.5 Å². The van der Waals surface area contributed by atoms with Crippen molar-refractivity contribution in [3.8, 4) is 27.9 Å². The van der Waals surface area contributed by atoms with E-state index >= 15 is 0 Å². The molecule has 0 bridgehead atoms. The highest BCUT2D eigenvalue weighted by Gasteiger charge is 2.47. The van der Waals surface area contributed by atoms with Crippen LogP contribution in [0, 0.1) is 0 Å². The zero-order valence-electron chi connectivity index (χ0n) is 35.6. The third-order valence-electron chi connectivity index (χ3n) is 12.9. The third-order valence-corrected chi connectivity index (χ3v) is 12.9. The van der Waals surface area contributed by atoms with E-state index in [-0.39, 0.29) is 0 Å². The summed E-state index contributed by atoms with van der Waals surface area (Å²) < 4.78 is 2.38. The van der Waals surface area contributed by atoms with Crippen molar-refractivity contribution in [3.63, 3.8) is 0 Å². The predicted molar refractivity (Wildman–Crippen MR) is 271 cm³/mol. The first kappa shape index (κ1) is 38.7. The number of aromatic nitrogens is 1. The molecule has 304 valence electrons. The SMILES string of the molecule is C=C1/C=C\C=C/CC2=C(\C=C/C=C/C=C/C=C(N(c3ccc(-c4ccccc4)cc3)c3ccc(-n4c5ccccc5c5ccccc54)cc3)/C=C\2)C12c1ccccc1-c1ccccc12. The van der Waals surface area contributed by atoms with Crippen LogP contribution < -0.4 is 4.90 Å². The van der Waals surface area contributed by atoms with Gasteiger partial charge in [-0.2, -0.15) is 0 Å². The van der Waals surface area contributed by atoms with Gasteiger partial charge in [0, 0.05) is 33.5 Å². The summed E-state index contributed by atoms with van der Waals surface area (Å²) in [5.74, 6) is 0. The fraction of sp³-hybridized carbons (Fsp3) is 0.0323. The van der Waals surface area contributed by atoms with Crippen molar-refractivity contribution in [1.29, 1.82) is 0 Å². The topological polar surface area (TPSA) is 8.17 Å². The largest absolute Gasteiger partial charge is 0.311 e. The van der Waals surface area contributed by atoms with Gasteiger partial charge in [0.25, 0.3) is 0 Å². The number of allylic oxidation sites excluding steroid dienone is 16. The Morgan fingerprint density at radius 3 is 1.69 bits per heavy atom. The molecule has 2 nitrogen and oxygen atoms in total. The number of hydrogen-bond donors (Lipinski definition) is 0. The highest BCUT2D eigenvalue weighted by Crippen LogP contribution is 2.58. The standard InChI is InChI=1S/C62H46N2/c1-45-21-7-5-10-24-48-37-40-49(25-11-3-2-4-12-30-57(48)62(45)58-31-17-13-26-53(58)54-27-14-18-32-59(54)62)63(50-38-35-47(36-39-50)46-22-8-6-9-23-46)51-41-43-52(44-42-51)64-60-33-19-15-28-55(60)56-29-16-20-34-61(56)64/h2-23,25-44H,1,24H2/b3-2?,4-2+,10-5-,11-3+,12-4?,21-7-,25-11?,30-12-,40-37-,48-37?,49-25-,49-40?,57-30?,57-48-. The maximum absolute atomic E-state index is 4.86. The van der Waals surface area contributed by atoms with Crippen LogP contribution in [0.5, 0.6) is 0 Å². The van der Waals surface area contributed by atoms with E-state index in [2.05, 4.69) is 264 Å². The Balaban J connectivity index is 1.09. The Morgan fingerprint density at radius 1 is 0.453 bits per heavy atom. The van der Waals surface area contributed by atoms with Crippen LogP contribution in [0.15, 0.2) is 284 Å². The van der Waals surface area contributed by atoms with E-state index < -0.39 is 5.41 Å². The highest BCUT2D eigenvalue weighted by atomic mass is 15.1. The van der Waals surface area contributed by atoms with Gasteiger partial charge in [0.15, 0.2) is 0 Å². The molecule has 64 heavy (non-hydrogen) atoms. The van der Waals surface area contributed by atoms with E-state index in [1.54, 1.807) is 0 Å². The lowest BCUT2D eigenvalue weighted by Gasteiger charge is -2.36. The van der Waals surface area contributed by atoms with Gasteiger partial charge in [-0.25, -0.2) is 0 Å². The number of hydrogen-bond acceptors (Lipinski definition) is 1. The molecule has 0 unspecified atom stereocenters. The summed E-state index contributed by atoms with van der Waals surface area (Å²) in [6, 6.07) is 63.7. The summed E-state index contributed by atoms with van der Waals surface area (Å²) in [6.07, 6.45) is 29.4. The Kier molecular flexibility index (Phi) is 10.0. The van der Waals surface area contributed by atoms with Gasteiger partial charge in [0.05, 0.1) is 16.4 Å². The maximum Gasteiger partial charge on any atom is 0.0710 e. The molecule has 0 amide bonds. The first-order valence-electron chi connectivity index (χ1n) is 22.1. The first-order chi connectivity index (χ1) is 31.7. The van der Waals surface area contributed by atoms with Crippen molar-refractivity contribution in [2.75, 3.05) is 4.90 Å². The molecule has 1 heterocycles. The molecule has 0 fully saturated rings. The van der Waals surface area contributed by atoms with Gasteiger partial charge in [0.2, 0.25) is 0 Å². The average Bonchev–Trinajstić information content (AvgIpc) is 3.86. The number of fused-ring (bicyclic) bond motifs is 9. The van der Waals surface area contributed by atoms with Crippen molar-refractivity contribution in [3.05, 3.63) is 295 Å². The van der Waals surface area contributed by atoms with Crippen LogP contribution in [-0.4, -0.2) is 4.57 Å². The van der Waals surface area contributed by atoms with E-state index in [4.69, 9.17) is 6.58 Å². The monoisotopic (exact) mass is 818 g/mol. The number of nitrogens with zero attached hydrogens (tertiary/aromatic N) is 2. The molecule has 0 atom stereocenters. The zero-order chi connectivity index (χ0) is 42.9. The number of para-hydroxylation sites is 2. The Morgan fingerprint density at radius 2 is 1.00 bits per heavy atom. The van der Waals surface area contributed by atoms with Gasteiger partial charge in [-0.15, -0.1) is 0 Å². The molecule has 0 saturated carbocycles. The van der Waals surface area contributed by atoms with Gasteiger partial charge < -0.3 is 9.47 Å². The molecular weight excluding hydrogens is 773 g/mol. The molecule has 1 aromatic heterocycles. The molecule has 11 rings (SSSR count). The summed E-state index contributed by atoms with van der Waals surface area (Å²) in [4.78, 5) is 2.37. The molecule has 0 N–H and O–H groups in total. The van der Waals surface area contributed by atoms with Crippen molar-refractivity contribution < 1.29 is 0 Å². The van der Waals surface area contributed by atoms with Crippen LogP contribution in [0.2, 0.25) is 0 Å². The third kappa shape index (κ3) is 6.60. The maximum atomic E-state index is 4.86. The van der Waals surface area contributed by atoms with Gasteiger partial charge in [-0.1, -0.05) is 201 Å². The smallest absolute Gasteiger partial charge is 0.0710 e. The van der Waals surface area contributed by atoms with Gasteiger partial charge in [-0.3, -0.25) is 0 Å². The van der Waals surface area contributed by atoms with Crippen LogP contribution in [0.25, 0.3) is 49.7 Å².